The van der Waals surface area contributed by atoms with E-state index in [0.717, 1.165) is 22.8 Å². The molecule has 0 saturated heterocycles. The normalized spacial score (nSPS) is 11.5. The maximum atomic E-state index is 12.6. The van der Waals surface area contributed by atoms with E-state index in [-0.39, 0.29) is 5.57 Å². The van der Waals surface area contributed by atoms with Crippen molar-refractivity contribution >= 4 is 28.5 Å². The molecule has 6 nitrogen and oxygen atoms in total. The van der Waals surface area contributed by atoms with E-state index in [9.17, 15) is 10.1 Å². The summed E-state index contributed by atoms with van der Waals surface area (Å²) in [7, 11) is 0. The molecule has 0 fully saturated rings. The molecule has 0 aliphatic heterocycles. The van der Waals surface area contributed by atoms with Gasteiger partial charge in [-0.3, -0.25) is 10.1 Å². The first kappa shape index (κ1) is 20.5. The van der Waals surface area contributed by atoms with Crippen molar-refractivity contribution in [2.24, 2.45) is 5.92 Å². The first-order valence-electron chi connectivity index (χ1n) is 9.38. The van der Waals surface area contributed by atoms with Crippen LogP contribution in [0.4, 0.5) is 5.13 Å². The summed E-state index contributed by atoms with van der Waals surface area (Å²) in [6.07, 6.45) is 4.30. The number of amides is 1. The second-order valence-corrected chi connectivity index (χ2v) is 8.36. The van der Waals surface area contributed by atoms with Crippen molar-refractivity contribution in [3.05, 3.63) is 63.9 Å². The first-order chi connectivity index (χ1) is 13.9. The third-order valence-electron chi connectivity index (χ3n) is 4.48. The monoisotopic (exact) mass is 405 g/mol. The highest BCUT2D eigenvalue weighted by Gasteiger charge is 2.14. The molecule has 2 aromatic heterocycles. The highest BCUT2D eigenvalue weighted by Crippen LogP contribution is 2.21. The minimum absolute atomic E-state index is 0.00870. The van der Waals surface area contributed by atoms with E-state index in [1.807, 2.05) is 35.0 Å². The van der Waals surface area contributed by atoms with Gasteiger partial charge in [-0.05, 0) is 61.2 Å². The Kier molecular flexibility index (Phi) is 6.25. The summed E-state index contributed by atoms with van der Waals surface area (Å²) < 4.78 is 1.95. The van der Waals surface area contributed by atoms with Crippen molar-refractivity contribution in [2.45, 2.75) is 34.1 Å². The van der Waals surface area contributed by atoms with E-state index in [0.29, 0.717) is 11.0 Å². The fourth-order valence-corrected chi connectivity index (χ4v) is 3.77. The third-order valence-corrected chi connectivity index (χ3v) is 5.34. The van der Waals surface area contributed by atoms with Crippen LogP contribution in [0.5, 0.6) is 0 Å². The Morgan fingerprint density at radius 1 is 1.28 bits per heavy atom. The topological polar surface area (TPSA) is 83.6 Å². The Morgan fingerprint density at radius 3 is 2.76 bits per heavy atom. The average molecular weight is 406 g/mol. The summed E-state index contributed by atoms with van der Waals surface area (Å²) in [4.78, 5) is 12.6. The summed E-state index contributed by atoms with van der Waals surface area (Å²) in [6, 6.07) is 11.9. The van der Waals surface area contributed by atoms with Gasteiger partial charge in [-0.25, -0.2) is 0 Å². The lowest BCUT2D eigenvalue weighted by molar-refractivity contribution is -0.112. The summed E-state index contributed by atoms with van der Waals surface area (Å²) in [5.41, 5.74) is 4.12. The molecule has 0 bridgehead atoms. The molecule has 0 unspecified atom stereocenters. The molecule has 0 saturated carbocycles. The van der Waals surface area contributed by atoms with Gasteiger partial charge in [0.15, 0.2) is 0 Å². The number of hydrogen-bond donors (Lipinski definition) is 1. The number of anilines is 1. The van der Waals surface area contributed by atoms with Crippen molar-refractivity contribution in [1.82, 2.24) is 14.8 Å². The van der Waals surface area contributed by atoms with Crippen LogP contribution in [0.15, 0.2) is 42.1 Å². The van der Waals surface area contributed by atoms with Crippen LogP contribution in [0, 0.1) is 31.1 Å². The molecule has 1 amide bonds. The first-order valence-corrected chi connectivity index (χ1v) is 10.2. The average Bonchev–Trinajstić information content (AvgIpc) is 3.30. The summed E-state index contributed by atoms with van der Waals surface area (Å²) in [5.74, 6) is -0.0353. The number of nitriles is 1. The van der Waals surface area contributed by atoms with Gasteiger partial charge >= 0.3 is 0 Å². The molecular weight excluding hydrogens is 382 g/mol. The fraction of sp³-hybridized carbons (Fsp3) is 0.273. The smallest absolute Gasteiger partial charge is 0.268 e. The fourth-order valence-electron chi connectivity index (χ4n) is 2.82. The highest BCUT2D eigenvalue weighted by atomic mass is 32.1. The Balaban J connectivity index is 1.82. The number of rotatable bonds is 6. The van der Waals surface area contributed by atoms with Gasteiger partial charge in [-0.1, -0.05) is 31.3 Å². The lowest BCUT2D eigenvalue weighted by Crippen LogP contribution is -2.13. The van der Waals surface area contributed by atoms with Gasteiger partial charge in [0.25, 0.3) is 5.91 Å². The number of carbonyl (C=O) groups excluding carboxylic acids is 1. The molecule has 1 aromatic carbocycles. The standard InChI is InChI=1S/C22H23N5OS/c1-14(2)10-20-25-26-22(29-20)24-21(28)17(13-23)12-18-6-5-9-27(18)19-8-7-15(3)16(4)11-19/h5-9,11-12,14H,10H2,1-4H3,(H,24,26,28). The zero-order chi connectivity index (χ0) is 21.0. The van der Waals surface area contributed by atoms with Crippen LogP contribution in [0.25, 0.3) is 11.8 Å². The molecule has 29 heavy (non-hydrogen) atoms. The zero-order valence-electron chi connectivity index (χ0n) is 16.9. The number of aryl methyl sites for hydroxylation is 2. The minimum atomic E-state index is -0.493. The largest absolute Gasteiger partial charge is 0.317 e. The van der Waals surface area contributed by atoms with Gasteiger partial charge in [-0.15, -0.1) is 10.2 Å². The van der Waals surface area contributed by atoms with E-state index in [4.69, 9.17) is 0 Å². The summed E-state index contributed by atoms with van der Waals surface area (Å²) >= 11 is 1.33. The summed E-state index contributed by atoms with van der Waals surface area (Å²) in [5, 5.41) is 21.5. The van der Waals surface area contributed by atoms with Crippen LogP contribution in [0.1, 0.15) is 35.7 Å². The van der Waals surface area contributed by atoms with Gasteiger partial charge in [-0.2, -0.15) is 5.26 Å². The van der Waals surface area contributed by atoms with Crippen LogP contribution in [-0.4, -0.2) is 20.7 Å². The molecular formula is C22H23N5OS. The molecule has 2 heterocycles. The number of hydrogen-bond acceptors (Lipinski definition) is 5. The molecule has 1 N–H and O–H groups in total. The van der Waals surface area contributed by atoms with E-state index < -0.39 is 5.91 Å². The van der Waals surface area contributed by atoms with E-state index in [2.05, 4.69) is 55.3 Å². The predicted molar refractivity (Wildman–Crippen MR) is 116 cm³/mol. The van der Waals surface area contributed by atoms with Crippen LogP contribution in [0.3, 0.4) is 0 Å². The maximum absolute atomic E-state index is 12.6. The molecule has 0 aliphatic rings. The highest BCUT2D eigenvalue weighted by molar-refractivity contribution is 7.15. The number of carbonyl (C=O) groups is 1. The van der Waals surface area contributed by atoms with Crippen LogP contribution in [-0.2, 0) is 11.2 Å². The molecule has 148 valence electrons. The van der Waals surface area contributed by atoms with Gasteiger partial charge in [0.2, 0.25) is 5.13 Å². The van der Waals surface area contributed by atoms with Crippen LogP contribution in [0.2, 0.25) is 0 Å². The van der Waals surface area contributed by atoms with Crippen LogP contribution >= 0.6 is 11.3 Å². The number of aromatic nitrogens is 3. The molecule has 0 spiro atoms. The number of nitrogens with zero attached hydrogens (tertiary/aromatic N) is 4. The molecule has 0 aliphatic carbocycles. The second-order valence-electron chi connectivity index (χ2n) is 7.29. The van der Waals surface area contributed by atoms with Crippen molar-refractivity contribution in [3.8, 4) is 11.8 Å². The van der Waals surface area contributed by atoms with Crippen molar-refractivity contribution in [3.63, 3.8) is 0 Å². The Bertz CT molecular complexity index is 1100. The maximum Gasteiger partial charge on any atom is 0.268 e. The third kappa shape index (κ3) is 4.98. The lowest BCUT2D eigenvalue weighted by atomic mass is 10.1. The van der Waals surface area contributed by atoms with Crippen molar-refractivity contribution in [2.75, 3.05) is 5.32 Å². The minimum Gasteiger partial charge on any atom is -0.317 e. The molecule has 0 radical (unpaired) electrons. The van der Waals surface area contributed by atoms with Crippen LogP contribution < -0.4 is 5.32 Å². The van der Waals surface area contributed by atoms with Crippen molar-refractivity contribution in [1.29, 1.82) is 5.26 Å². The SMILES string of the molecule is Cc1ccc(-n2cccc2C=C(C#N)C(=O)Nc2nnc(CC(C)C)s2)cc1C. The van der Waals surface area contributed by atoms with E-state index >= 15 is 0 Å². The Labute approximate surface area is 174 Å². The van der Waals surface area contributed by atoms with E-state index in [1.54, 1.807) is 6.08 Å². The second kappa shape index (κ2) is 8.84. The van der Waals surface area contributed by atoms with E-state index in [1.165, 1.54) is 22.5 Å². The molecule has 0 atom stereocenters. The van der Waals surface area contributed by atoms with Gasteiger partial charge in [0.1, 0.15) is 16.6 Å². The van der Waals surface area contributed by atoms with Gasteiger partial charge < -0.3 is 4.57 Å². The number of nitrogens with one attached hydrogen (secondary N) is 1. The predicted octanol–water partition coefficient (Wildman–Crippen LogP) is 4.69. The number of benzene rings is 1. The molecule has 7 heteroatoms. The van der Waals surface area contributed by atoms with Gasteiger partial charge in [0.05, 0.1) is 0 Å². The zero-order valence-corrected chi connectivity index (χ0v) is 17.7. The van der Waals surface area contributed by atoms with Gasteiger partial charge in [0, 0.05) is 24.0 Å². The summed E-state index contributed by atoms with van der Waals surface area (Å²) in [6.45, 7) is 8.32. The molecule has 3 rings (SSSR count). The Morgan fingerprint density at radius 2 is 2.07 bits per heavy atom. The molecule has 3 aromatic rings. The van der Waals surface area contributed by atoms with Crippen molar-refractivity contribution < 1.29 is 4.79 Å². The quantitative estimate of drug-likeness (QED) is 0.476. The Hall–Kier alpha value is -3.24. The lowest BCUT2D eigenvalue weighted by Gasteiger charge is -2.09.